The summed E-state index contributed by atoms with van der Waals surface area (Å²) in [6.07, 6.45) is 2.28. The lowest BCUT2D eigenvalue weighted by atomic mass is 9.76. The highest BCUT2D eigenvalue weighted by molar-refractivity contribution is 5.75. The van der Waals surface area contributed by atoms with E-state index in [0.29, 0.717) is 26.1 Å². The van der Waals surface area contributed by atoms with Crippen LogP contribution < -0.4 is 5.32 Å². The van der Waals surface area contributed by atoms with Gasteiger partial charge in [-0.25, -0.2) is 9.18 Å². The lowest BCUT2D eigenvalue weighted by molar-refractivity contribution is -0.141. The first kappa shape index (κ1) is 17.7. The zero-order valence-corrected chi connectivity index (χ0v) is 14.4. The zero-order valence-electron chi connectivity index (χ0n) is 14.4. The molecule has 3 rings (SSSR count). The van der Waals surface area contributed by atoms with Crippen LogP contribution in [0.1, 0.15) is 24.8 Å². The molecule has 1 atom stereocenters. The number of hydrogen-bond donors (Lipinski definition) is 2. The number of carbonyl (C=O) groups excluding carboxylic acids is 1. The molecule has 1 aromatic rings. The fourth-order valence-corrected chi connectivity index (χ4v) is 4.03. The van der Waals surface area contributed by atoms with Crippen molar-refractivity contribution in [3.8, 4) is 0 Å². The van der Waals surface area contributed by atoms with E-state index in [9.17, 15) is 19.1 Å². The van der Waals surface area contributed by atoms with Crippen LogP contribution in [0.2, 0.25) is 0 Å². The summed E-state index contributed by atoms with van der Waals surface area (Å²) < 4.78 is 13.2. The third kappa shape index (κ3) is 3.92. The molecule has 1 unspecified atom stereocenters. The smallest absolute Gasteiger partial charge is 0.320 e. The molecule has 0 radical (unpaired) electrons. The maximum absolute atomic E-state index is 13.2. The van der Waals surface area contributed by atoms with Crippen LogP contribution in [0.5, 0.6) is 0 Å². The van der Waals surface area contributed by atoms with Crippen molar-refractivity contribution >= 4 is 12.0 Å². The van der Waals surface area contributed by atoms with Gasteiger partial charge in [0, 0.05) is 26.2 Å². The second kappa shape index (κ2) is 7.00. The molecule has 25 heavy (non-hydrogen) atoms. The van der Waals surface area contributed by atoms with Crippen molar-refractivity contribution in [3.05, 3.63) is 35.6 Å². The van der Waals surface area contributed by atoms with E-state index in [0.717, 1.165) is 24.9 Å². The Bertz CT molecular complexity index is 659. The van der Waals surface area contributed by atoms with Gasteiger partial charge in [0.2, 0.25) is 0 Å². The van der Waals surface area contributed by atoms with Gasteiger partial charge >= 0.3 is 12.0 Å². The van der Waals surface area contributed by atoms with E-state index in [1.165, 1.54) is 12.1 Å². The van der Waals surface area contributed by atoms with Crippen molar-refractivity contribution in [2.45, 2.75) is 31.8 Å². The van der Waals surface area contributed by atoms with Gasteiger partial charge in [-0.3, -0.25) is 9.69 Å². The Morgan fingerprint density at radius 1 is 1.36 bits per heavy atom. The minimum atomic E-state index is -0.769. The van der Waals surface area contributed by atoms with Gasteiger partial charge in [-0.1, -0.05) is 12.1 Å². The number of rotatable bonds is 3. The standard InChI is InChI=1S/C18H24FN3O3/c1-21-12-18(10-15(21)16(23)24)5-7-22(8-6-18)17(25)20-11-13-3-2-4-14(19)9-13/h2-4,9,15H,5-8,10-12H2,1H3,(H,20,25)(H,23,24). The summed E-state index contributed by atoms with van der Waals surface area (Å²) in [4.78, 5) is 27.3. The number of carbonyl (C=O) groups is 2. The molecule has 2 heterocycles. The molecule has 2 N–H and O–H groups in total. The van der Waals surface area contributed by atoms with E-state index in [-0.39, 0.29) is 17.3 Å². The van der Waals surface area contributed by atoms with Crippen LogP contribution in [-0.4, -0.2) is 59.6 Å². The number of likely N-dealkylation sites (tertiary alicyclic amines) is 2. The minimum absolute atomic E-state index is 0.00283. The number of aliphatic carboxylic acids is 1. The van der Waals surface area contributed by atoms with Gasteiger partial charge in [-0.05, 0) is 49.4 Å². The number of halogens is 1. The van der Waals surface area contributed by atoms with Crippen LogP contribution in [-0.2, 0) is 11.3 Å². The third-order valence-electron chi connectivity index (χ3n) is 5.47. The quantitative estimate of drug-likeness (QED) is 0.874. The summed E-state index contributed by atoms with van der Waals surface area (Å²) in [6.45, 7) is 2.30. The lowest BCUT2D eigenvalue weighted by Gasteiger charge is -2.39. The molecule has 0 aliphatic carbocycles. The van der Waals surface area contributed by atoms with Crippen molar-refractivity contribution < 1.29 is 19.1 Å². The third-order valence-corrected chi connectivity index (χ3v) is 5.47. The Hall–Kier alpha value is -2.15. The molecule has 2 fully saturated rings. The molecule has 2 aliphatic rings. The molecular formula is C18H24FN3O3. The van der Waals surface area contributed by atoms with Gasteiger partial charge < -0.3 is 15.3 Å². The number of nitrogens with zero attached hydrogens (tertiary/aromatic N) is 2. The number of amides is 2. The van der Waals surface area contributed by atoms with E-state index in [4.69, 9.17) is 0 Å². The largest absolute Gasteiger partial charge is 0.480 e. The Labute approximate surface area is 146 Å². The van der Waals surface area contributed by atoms with Crippen LogP contribution in [0, 0.1) is 11.2 Å². The number of carboxylic acid groups (broad SMARTS) is 1. The Balaban J connectivity index is 1.50. The maximum Gasteiger partial charge on any atom is 0.320 e. The topological polar surface area (TPSA) is 72.9 Å². The van der Waals surface area contributed by atoms with Crippen LogP contribution >= 0.6 is 0 Å². The molecule has 2 aliphatic heterocycles. The Morgan fingerprint density at radius 3 is 2.68 bits per heavy atom. The van der Waals surface area contributed by atoms with E-state index in [1.807, 2.05) is 11.9 Å². The van der Waals surface area contributed by atoms with Crippen molar-refractivity contribution in [3.63, 3.8) is 0 Å². The van der Waals surface area contributed by atoms with E-state index in [2.05, 4.69) is 5.32 Å². The molecule has 136 valence electrons. The first-order valence-electron chi connectivity index (χ1n) is 8.59. The maximum atomic E-state index is 13.2. The monoisotopic (exact) mass is 349 g/mol. The summed E-state index contributed by atoms with van der Waals surface area (Å²) in [5.41, 5.74) is 0.723. The SMILES string of the molecule is CN1CC2(CCN(C(=O)NCc3cccc(F)c3)CC2)CC1C(=O)O. The molecule has 7 heteroatoms. The van der Waals surface area contributed by atoms with E-state index < -0.39 is 12.0 Å². The van der Waals surface area contributed by atoms with Crippen molar-refractivity contribution in [2.75, 3.05) is 26.7 Å². The van der Waals surface area contributed by atoms with Gasteiger partial charge in [-0.15, -0.1) is 0 Å². The summed E-state index contributed by atoms with van der Waals surface area (Å²) in [7, 11) is 1.85. The van der Waals surface area contributed by atoms with Gasteiger partial charge in [-0.2, -0.15) is 0 Å². The van der Waals surface area contributed by atoms with Crippen LogP contribution in [0.3, 0.4) is 0 Å². The molecule has 0 aromatic heterocycles. The average molecular weight is 349 g/mol. The number of urea groups is 1. The molecule has 0 saturated carbocycles. The Kier molecular flexibility index (Phi) is 4.94. The molecule has 1 aromatic carbocycles. The molecule has 2 amide bonds. The van der Waals surface area contributed by atoms with Gasteiger partial charge in [0.05, 0.1) is 0 Å². The highest BCUT2D eigenvalue weighted by Crippen LogP contribution is 2.42. The molecule has 0 bridgehead atoms. The number of hydrogen-bond acceptors (Lipinski definition) is 3. The Morgan fingerprint density at radius 2 is 2.08 bits per heavy atom. The average Bonchev–Trinajstić information content (AvgIpc) is 2.90. The number of benzene rings is 1. The van der Waals surface area contributed by atoms with Gasteiger partial charge in [0.15, 0.2) is 0 Å². The summed E-state index contributed by atoms with van der Waals surface area (Å²) in [5, 5.41) is 12.1. The van der Waals surface area contributed by atoms with Crippen LogP contribution in [0.25, 0.3) is 0 Å². The minimum Gasteiger partial charge on any atom is -0.480 e. The number of carboxylic acids is 1. The fourth-order valence-electron chi connectivity index (χ4n) is 4.03. The van der Waals surface area contributed by atoms with Crippen LogP contribution in [0.4, 0.5) is 9.18 Å². The lowest BCUT2D eigenvalue weighted by Crippen LogP contribution is -2.47. The predicted octanol–water partition coefficient (Wildman–Crippen LogP) is 1.91. The number of piperidine rings is 1. The number of nitrogens with one attached hydrogen (secondary N) is 1. The zero-order chi connectivity index (χ0) is 18.0. The van der Waals surface area contributed by atoms with Crippen molar-refractivity contribution in [1.29, 1.82) is 0 Å². The summed E-state index contributed by atoms with van der Waals surface area (Å²) in [6, 6.07) is 5.60. The second-order valence-corrected chi connectivity index (χ2v) is 7.25. The van der Waals surface area contributed by atoms with Crippen LogP contribution in [0.15, 0.2) is 24.3 Å². The van der Waals surface area contributed by atoms with Gasteiger partial charge in [0.1, 0.15) is 11.9 Å². The fraction of sp³-hybridized carbons (Fsp3) is 0.556. The normalized spacial score (nSPS) is 23.0. The van der Waals surface area contributed by atoms with Gasteiger partial charge in [0.25, 0.3) is 0 Å². The first-order chi connectivity index (χ1) is 11.9. The number of likely N-dealkylation sites (N-methyl/N-ethyl adjacent to an activating group) is 1. The molecule has 1 spiro atoms. The molecule has 2 saturated heterocycles. The first-order valence-corrected chi connectivity index (χ1v) is 8.59. The van der Waals surface area contributed by atoms with Crippen molar-refractivity contribution in [1.82, 2.24) is 15.1 Å². The van der Waals surface area contributed by atoms with E-state index >= 15 is 0 Å². The summed E-state index contributed by atoms with van der Waals surface area (Å²) >= 11 is 0. The highest BCUT2D eigenvalue weighted by Gasteiger charge is 2.47. The predicted molar refractivity (Wildman–Crippen MR) is 90.5 cm³/mol. The summed E-state index contributed by atoms with van der Waals surface area (Å²) in [5.74, 6) is -1.08. The molecule has 6 nitrogen and oxygen atoms in total. The van der Waals surface area contributed by atoms with Crippen molar-refractivity contribution in [2.24, 2.45) is 5.41 Å². The highest BCUT2D eigenvalue weighted by atomic mass is 19.1. The molecular weight excluding hydrogens is 325 g/mol. The second-order valence-electron chi connectivity index (χ2n) is 7.25. The van der Waals surface area contributed by atoms with E-state index in [1.54, 1.807) is 17.0 Å².